The Morgan fingerprint density at radius 3 is 2.81 bits per heavy atom. The minimum absolute atomic E-state index is 0.0939. The summed E-state index contributed by atoms with van der Waals surface area (Å²) in [6, 6.07) is 7.39. The molecule has 2 N–H and O–H groups in total. The fourth-order valence-electron chi connectivity index (χ4n) is 3.52. The molecule has 3 heterocycles. The number of rotatable bonds is 4. The fourth-order valence-corrected chi connectivity index (χ4v) is 3.76. The molecule has 0 amide bonds. The van der Waals surface area contributed by atoms with Gasteiger partial charge in [0.25, 0.3) is 5.56 Å². The zero-order valence-corrected chi connectivity index (χ0v) is 17.2. The lowest BCUT2D eigenvalue weighted by Gasteiger charge is -2.20. The first-order valence-electron chi connectivity index (χ1n) is 9.51. The number of nitrogens with zero attached hydrogens (tertiary/aromatic N) is 5. The number of aromatic nitrogens is 6. The van der Waals surface area contributed by atoms with Crippen molar-refractivity contribution in [3.63, 3.8) is 0 Å². The van der Waals surface area contributed by atoms with Gasteiger partial charge in [-0.25, -0.2) is 28.7 Å². The van der Waals surface area contributed by atoms with E-state index in [-0.39, 0.29) is 27.4 Å². The molecule has 0 bridgehead atoms. The number of fused-ring (bicyclic) bond motifs is 2. The molecule has 8 nitrogen and oxygen atoms in total. The second kappa shape index (κ2) is 7.65. The van der Waals surface area contributed by atoms with Crippen molar-refractivity contribution < 1.29 is 8.78 Å². The molecule has 0 radical (unpaired) electrons. The quantitative estimate of drug-likeness (QED) is 0.424. The summed E-state index contributed by atoms with van der Waals surface area (Å²) in [4.78, 5) is 33.4. The van der Waals surface area contributed by atoms with E-state index in [2.05, 4.69) is 30.2 Å². The summed E-state index contributed by atoms with van der Waals surface area (Å²) < 4.78 is 29.3. The standard InChI is InChI=1S/C21H14ClF2N7O/c1-10(29-19-17-18(26-8-25-17)27-9-28-19)20-30-14-6-5-13(24)16(22)15(14)21(32)31(20)12-4-2-3-11(23)7-12/h2-10H,1H3,(H2,25,26,27,28,29)/t10-/m0/s1. The molecule has 0 saturated heterocycles. The zero-order valence-electron chi connectivity index (χ0n) is 16.5. The third kappa shape index (κ3) is 3.25. The van der Waals surface area contributed by atoms with Crippen molar-refractivity contribution in [3.8, 4) is 5.69 Å². The summed E-state index contributed by atoms with van der Waals surface area (Å²) >= 11 is 6.09. The van der Waals surface area contributed by atoms with Gasteiger partial charge in [-0.1, -0.05) is 17.7 Å². The van der Waals surface area contributed by atoms with E-state index < -0.39 is 23.2 Å². The Morgan fingerprint density at radius 1 is 1.16 bits per heavy atom. The van der Waals surface area contributed by atoms with Gasteiger partial charge in [0.05, 0.1) is 34.0 Å². The van der Waals surface area contributed by atoms with Gasteiger partial charge in [0, 0.05) is 0 Å². The average molecular weight is 454 g/mol. The minimum Gasteiger partial charge on any atom is -0.358 e. The van der Waals surface area contributed by atoms with E-state index in [1.165, 1.54) is 41.5 Å². The Labute approximate surface area is 184 Å². The van der Waals surface area contributed by atoms with Gasteiger partial charge in [-0.05, 0) is 37.3 Å². The Hall–Kier alpha value is -3.92. The molecule has 32 heavy (non-hydrogen) atoms. The van der Waals surface area contributed by atoms with Crippen molar-refractivity contribution in [2.24, 2.45) is 0 Å². The summed E-state index contributed by atoms with van der Waals surface area (Å²) in [6.07, 6.45) is 2.86. The van der Waals surface area contributed by atoms with Crippen LogP contribution in [0.15, 0.2) is 53.8 Å². The monoisotopic (exact) mass is 453 g/mol. The van der Waals surface area contributed by atoms with Gasteiger partial charge in [-0.15, -0.1) is 0 Å². The normalized spacial score (nSPS) is 12.4. The van der Waals surface area contributed by atoms with Crippen LogP contribution in [0.5, 0.6) is 0 Å². The molecule has 1 atom stereocenters. The number of halogens is 3. The molecule has 0 aliphatic rings. The predicted molar refractivity (Wildman–Crippen MR) is 116 cm³/mol. The summed E-state index contributed by atoms with van der Waals surface area (Å²) in [5.41, 5.74) is 0.850. The molecular weight excluding hydrogens is 440 g/mol. The van der Waals surface area contributed by atoms with Crippen LogP contribution < -0.4 is 10.9 Å². The van der Waals surface area contributed by atoms with Crippen LogP contribution in [0, 0.1) is 11.6 Å². The first-order valence-corrected chi connectivity index (χ1v) is 9.89. The number of H-pyrrole nitrogens is 1. The molecule has 0 aliphatic heterocycles. The number of benzene rings is 2. The van der Waals surface area contributed by atoms with Crippen LogP contribution in [-0.4, -0.2) is 29.5 Å². The van der Waals surface area contributed by atoms with Gasteiger partial charge >= 0.3 is 0 Å². The lowest BCUT2D eigenvalue weighted by atomic mass is 10.2. The van der Waals surface area contributed by atoms with E-state index in [0.717, 1.165) is 6.07 Å². The Morgan fingerprint density at radius 2 is 2.00 bits per heavy atom. The number of anilines is 1. The highest BCUT2D eigenvalue weighted by atomic mass is 35.5. The SMILES string of the molecule is C[C@H](Nc1ncnc2[nH]cnc12)c1nc2ccc(F)c(Cl)c2c(=O)n1-c1cccc(F)c1. The summed E-state index contributed by atoms with van der Waals surface area (Å²) in [5, 5.41) is 2.74. The molecule has 0 fully saturated rings. The number of hydrogen-bond acceptors (Lipinski definition) is 6. The molecule has 0 saturated carbocycles. The van der Waals surface area contributed by atoms with Gasteiger partial charge in [-0.3, -0.25) is 9.36 Å². The second-order valence-electron chi connectivity index (χ2n) is 7.03. The van der Waals surface area contributed by atoms with Crippen molar-refractivity contribution in [1.82, 2.24) is 29.5 Å². The molecule has 0 aliphatic carbocycles. The molecule has 0 spiro atoms. The summed E-state index contributed by atoms with van der Waals surface area (Å²) in [6.45, 7) is 1.76. The second-order valence-corrected chi connectivity index (χ2v) is 7.41. The molecule has 160 valence electrons. The number of aromatic amines is 1. The summed E-state index contributed by atoms with van der Waals surface area (Å²) in [5.74, 6) is -0.621. The van der Waals surface area contributed by atoms with Crippen LogP contribution in [0.3, 0.4) is 0 Å². The van der Waals surface area contributed by atoms with Crippen molar-refractivity contribution in [2.75, 3.05) is 5.32 Å². The molecular formula is C21H14ClF2N7O. The van der Waals surface area contributed by atoms with Crippen LogP contribution in [0.25, 0.3) is 27.8 Å². The molecule has 2 aromatic carbocycles. The van der Waals surface area contributed by atoms with Crippen LogP contribution in [0.1, 0.15) is 18.8 Å². The Bertz CT molecular complexity index is 1550. The van der Waals surface area contributed by atoms with Crippen molar-refractivity contribution in [1.29, 1.82) is 0 Å². The highest BCUT2D eigenvalue weighted by Gasteiger charge is 2.22. The highest BCUT2D eigenvalue weighted by Crippen LogP contribution is 2.27. The van der Waals surface area contributed by atoms with E-state index >= 15 is 0 Å². The molecule has 11 heteroatoms. The third-order valence-electron chi connectivity index (χ3n) is 4.98. The van der Waals surface area contributed by atoms with Crippen molar-refractivity contribution in [2.45, 2.75) is 13.0 Å². The van der Waals surface area contributed by atoms with Crippen molar-refractivity contribution >= 4 is 39.5 Å². The lowest BCUT2D eigenvalue weighted by Crippen LogP contribution is -2.28. The van der Waals surface area contributed by atoms with E-state index in [0.29, 0.717) is 17.0 Å². The van der Waals surface area contributed by atoms with Crippen LogP contribution in [0.4, 0.5) is 14.6 Å². The van der Waals surface area contributed by atoms with E-state index in [1.807, 2.05) is 0 Å². The molecule has 5 aromatic rings. The maximum absolute atomic E-state index is 14.1. The van der Waals surface area contributed by atoms with Crippen molar-refractivity contribution in [3.05, 3.63) is 81.9 Å². The number of hydrogen-bond donors (Lipinski definition) is 2. The van der Waals surface area contributed by atoms with Crippen LogP contribution in [0.2, 0.25) is 5.02 Å². The summed E-state index contributed by atoms with van der Waals surface area (Å²) in [7, 11) is 0. The maximum Gasteiger partial charge on any atom is 0.267 e. The predicted octanol–water partition coefficient (Wildman–Crippen LogP) is 4.16. The van der Waals surface area contributed by atoms with E-state index in [9.17, 15) is 13.6 Å². The first-order chi connectivity index (χ1) is 15.4. The molecule has 3 aromatic heterocycles. The maximum atomic E-state index is 14.1. The first kappa shape index (κ1) is 20.0. The topological polar surface area (TPSA) is 101 Å². The number of nitrogens with one attached hydrogen (secondary N) is 2. The average Bonchev–Trinajstić information content (AvgIpc) is 3.26. The molecule has 5 rings (SSSR count). The van der Waals surface area contributed by atoms with Gasteiger partial charge < -0.3 is 10.3 Å². The van der Waals surface area contributed by atoms with Gasteiger partial charge in [-0.2, -0.15) is 0 Å². The minimum atomic E-state index is -0.746. The van der Waals surface area contributed by atoms with Crippen LogP contribution >= 0.6 is 11.6 Å². The smallest absolute Gasteiger partial charge is 0.267 e. The fraction of sp³-hybridized carbons (Fsp3) is 0.0952. The Kier molecular flexibility index (Phi) is 4.78. The molecule has 0 unspecified atom stereocenters. The lowest BCUT2D eigenvalue weighted by molar-refractivity contribution is 0.624. The van der Waals surface area contributed by atoms with Gasteiger partial charge in [0.15, 0.2) is 11.5 Å². The highest BCUT2D eigenvalue weighted by molar-refractivity contribution is 6.35. The van der Waals surface area contributed by atoms with E-state index in [1.54, 1.807) is 13.0 Å². The van der Waals surface area contributed by atoms with Gasteiger partial charge in [0.1, 0.15) is 29.3 Å². The van der Waals surface area contributed by atoms with Crippen LogP contribution in [-0.2, 0) is 0 Å². The number of imidazole rings is 1. The van der Waals surface area contributed by atoms with Gasteiger partial charge in [0.2, 0.25) is 0 Å². The van der Waals surface area contributed by atoms with E-state index in [4.69, 9.17) is 11.6 Å². The largest absolute Gasteiger partial charge is 0.358 e. The Balaban J connectivity index is 1.74. The third-order valence-corrected chi connectivity index (χ3v) is 5.35. The zero-order chi connectivity index (χ0) is 22.4.